The molecule has 9 heteroatoms. The van der Waals surface area contributed by atoms with Gasteiger partial charge in [0.2, 0.25) is 0 Å². The molecule has 1 aromatic heterocycles. The molecule has 32 heavy (non-hydrogen) atoms. The van der Waals surface area contributed by atoms with Gasteiger partial charge in [0.1, 0.15) is 11.5 Å². The second kappa shape index (κ2) is 9.24. The SMILES string of the molecule is COC(=O)c1ccc(-c2ccc(/C=C3\SC(=O)N(Cc4c(Cl)cccc4Cl)C3=O)o2)cc1. The summed E-state index contributed by atoms with van der Waals surface area (Å²) in [5.41, 5.74) is 1.68. The monoisotopic (exact) mass is 487 g/mol. The number of methoxy groups -OCH3 is 1. The van der Waals surface area contributed by atoms with Gasteiger partial charge in [-0.05, 0) is 48.2 Å². The number of hydrogen-bond acceptors (Lipinski definition) is 6. The van der Waals surface area contributed by atoms with Gasteiger partial charge in [-0.3, -0.25) is 14.5 Å². The topological polar surface area (TPSA) is 76.8 Å². The summed E-state index contributed by atoms with van der Waals surface area (Å²) in [6, 6.07) is 15.2. The number of furan rings is 1. The van der Waals surface area contributed by atoms with Gasteiger partial charge in [0.25, 0.3) is 11.1 Å². The first-order chi connectivity index (χ1) is 15.4. The van der Waals surface area contributed by atoms with Crippen LogP contribution in [0.5, 0.6) is 0 Å². The molecule has 1 aliphatic heterocycles. The lowest BCUT2D eigenvalue weighted by Crippen LogP contribution is -2.27. The summed E-state index contributed by atoms with van der Waals surface area (Å²) in [6.45, 7) is -0.0174. The van der Waals surface area contributed by atoms with Gasteiger partial charge in [0.05, 0.1) is 24.1 Å². The molecule has 1 saturated heterocycles. The molecule has 1 fully saturated rings. The van der Waals surface area contributed by atoms with E-state index in [0.29, 0.717) is 32.7 Å². The van der Waals surface area contributed by atoms with E-state index < -0.39 is 17.1 Å². The molecular formula is C23H15Cl2NO5S. The van der Waals surface area contributed by atoms with Gasteiger partial charge in [-0.1, -0.05) is 41.4 Å². The molecule has 0 saturated carbocycles. The molecule has 0 unspecified atom stereocenters. The Morgan fingerprint density at radius 2 is 1.75 bits per heavy atom. The summed E-state index contributed by atoms with van der Waals surface area (Å²) >= 11 is 13.2. The Bertz CT molecular complexity index is 1230. The molecule has 3 aromatic rings. The number of halogens is 2. The normalized spacial score (nSPS) is 15.0. The smallest absolute Gasteiger partial charge is 0.337 e. The molecule has 6 nitrogen and oxygen atoms in total. The minimum atomic E-state index is -0.448. The Morgan fingerprint density at radius 1 is 1.06 bits per heavy atom. The average molecular weight is 488 g/mol. The number of benzene rings is 2. The zero-order valence-corrected chi connectivity index (χ0v) is 19.0. The highest BCUT2D eigenvalue weighted by Gasteiger charge is 2.36. The second-order valence-electron chi connectivity index (χ2n) is 6.74. The minimum absolute atomic E-state index is 0.0174. The zero-order valence-electron chi connectivity index (χ0n) is 16.6. The number of ether oxygens (including phenoxy) is 1. The van der Waals surface area contributed by atoms with Crippen molar-refractivity contribution in [3.63, 3.8) is 0 Å². The Balaban J connectivity index is 1.52. The van der Waals surface area contributed by atoms with Crippen LogP contribution in [0.25, 0.3) is 17.4 Å². The van der Waals surface area contributed by atoms with Gasteiger partial charge >= 0.3 is 5.97 Å². The molecule has 0 N–H and O–H groups in total. The van der Waals surface area contributed by atoms with Crippen molar-refractivity contribution in [2.75, 3.05) is 7.11 Å². The van der Waals surface area contributed by atoms with Crippen LogP contribution < -0.4 is 0 Å². The van der Waals surface area contributed by atoms with Crippen molar-refractivity contribution in [2.45, 2.75) is 6.54 Å². The van der Waals surface area contributed by atoms with Crippen LogP contribution >= 0.6 is 35.0 Å². The van der Waals surface area contributed by atoms with Crippen LogP contribution in [-0.2, 0) is 16.1 Å². The largest absolute Gasteiger partial charge is 0.465 e. The summed E-state index contributed by atoms with van der Waals surface area (Å²) in [5, 5.41) is 0.353. The number of imide groups is 1. The van der Waals surface area contributed by atoms with Gasteiger partial charge < -0.3 is 9.15 Å². The van der Waals surface area contributed by atoms with Crippen LogP contribution in [-0.4, -0.2) is 29.1 Å². The van der Waals surface area contributed by atoms with Crippen molar-refractivity contribution in [3.8, 4) is 11.3 Å². The molecule has 0 radical (unpaired) electrons. The van der Waals surface area contributed by atoms with Gasteiger partial charge in [-0.15, -0.1) is 0 Å². The quantitative estimate of drug-likeness (QED) is 0.311. The molecule has 0 aliphatic carbocycles. The molecule has 2 aromatic carbocycles. The van der Waals surface area contributed by atoms with E-state index in [2.05, 4.69) is 4.74 Å². The lowest BCUT2D eigenvalue weighted by atomic mass is 10.1. The number of carbonyl (C=O) groups excluding carboxylic acids is 3. The number of rotatable bonds is 5. The van der Waals surface area contributed by atoms with Crippen LogP contribution in [0.1, 0.15) is 21.7 Å². The van der Waals surface area contributed by atoms with Crippen LogP contribution in [0.3, 0.4) is 0 Å². The number of carbonyl (C=O) groups is 3. The number of thioether (sulfide) groups is 1. The standard InChI is InChI=1S/C23H15Cl2NO5S/c1-30-22(28)14-7-5-13(6-8-14)19-10-9-15(31-19)11-20-21(27)26(23(29)32-20)12-16-17(24)3-2-4-18(16)25/h2-11H,12H2,1H3/b20-11-. The predicted molar refractivity (Wildman–Crippen MR) is 123 cm³/mol. The van der Waals surface area contributed by atoms with Gasteiger partial charge in [-0.25, -0.2) is 4.79 Å². The second-order valence-corrected chi connectivity index (χ2v) is 8.55. The van der Waals surface area contributed by atoms with Crippen molar-refractivity contribution < 1.29 is 23.5 Å². The van der Waals surface area contributed by atoms with E-state index in [0.717, 1.165) is 22.2 Å². The van der Waals surface area contributed by atoms with Gasteiger partial charge in [0.15, 0.2) is 0 Å². The maximum Gasteiger partial charge on any atom is 0.337 e. The first-order valence-corrected chi connectivity index (χ1v) is 10.9. The fourth-order valence-corrected chi connectivity index (χ4v) is 4.42. The third kappa shape index (κ3) is 4.46. The van der Waals surface area contributed by atoms with E-state index >= 15 is 0 Å². The van der Waals surface area contributed by atoms with E-state index in [1.165, 1.54) is 13.2 Å². The van der Waals surface area contributed by atoms with Crippen molar-refractivity contribution in [1.29, 1.82) is 0 Å². The molecule has 2 heterocycles. The van der Waals surface area contributed by atoms with Crippen molar-refractivity contribution in [3.05, 3.63) is 86.4 Å². The van der Waals surface area contributed by atoms with Crippen molar-refractivity contribution in [2.24, 2.45) is 0 Å². The molecule has 2 amide bonds. The molecule has 0 atom stereocenters. The highest BCUT2D eigenvalue weighted by molar-refractivity contribution is 8.18. The van der Waals surface area contributed by atoms with E-state index in [9.17, 15) is 14.4 Å². The van der Waals surface area contributed by atoms with Gasteiger partial charge in [-0.2, -0.15) is 0 Å². The number of esters is 1. The maximum atomic E-state index is 12.8. The van der Waals surface area contributed by atoms with Crippen LogP contribution in [0.15, 0.2) is 63.9 Å². The summed E-state index contributed by atoms with van der Waals surface area (Å²) in [7, 11) is 1.32. The zero-order chi connectivity index (χ0) is 22.8. The van der Waals surface area contributed by atoms with E-state index in [1.807, 2.05) is 0 Å². The summed E-state index contributed by atoms with van der Waals surface area (Å²) < 4.78 is 10.5. The summed E-state index contributed by atoms with van der Waals surface area (Å²) in [6.07, 6.45) is 1.52. The number of nitrogens with zero attached hydrogens (tertiary/aromatic N) is 1. The summed E-state index contributed by atoms with van der Waals surface area (Å²) in [4.78, 5) is 38.1. The maximum absolute atomic E-state index is 12.8. The molecule has 162 valence electrons. The number of hydrogen-bond donors (Lipinski definition) is 0. The number of amides is 2. The molecule has 4 rings (SSSR count). The fraction of sp³-hybridized carbons (Fsp3) is 0.0870. The van der Waals surface area contributed by atoms with Crippen LogP contribution in [0, 0.1) is 0 Å². The van der Waals surface area contributed by atoms with E-state index in [4.69, 9.17) is 27.6 Å². The Kier molecular flexibility index (Phi) is 6.41. The lowest BCUT2D eigenvalue weighted by molar-refractivity contribution is -0.123. The van der Waals surface area contributed by atoms with Crippen molar-refractivity contribution in [1.82, 2.24) is 4.90 Å². The third-order valence-corrected chi connectivity index (χ3v) is 6.36. The first kappa shape index (κ1) is 22.2. The predicted octanol–water partition coefficient (Wildman–Crippen LogP) is 6.28. The van der Waals surface area contributed by atoms with Crippen LogP contribution in [0.2, 0.25) is 10.0 Å². The van der Waals surface area contributed by atoms with Crippen molar-refractivity contribution >= 4 is 58.2 Å². The molecule has 1 aliphatic rings. The Labute approximate surface area is 197 Å². The first-order valence-electron chi connectivity index (χ1n) is 9.34. The summed E-state index contributed by atoms with van der Waals surface area (Å²) in [5.74, 6) is 0.0925. The van der Waals surface area contributed by atoms with E-state index in [1.54, 1.807) is 54.6 Å². The van der Waals surface area contributed by atoms with Crippen LogP contribution in [0.4, 0.5) is 4.79 Å². The van der Waals surface area contributed by atoms with Gasteiger partial charge in [0, 0.05) is 27.2 Å². The highest BCUT2D eigenvalue weighted by Crippen LogP contribution is 2.36. The molecule has 0 bridgehead atoms. The minimum Gasteiger partial charge on any atom is -0.465 e. The highest BCUT2D eigenvalue weighted by atomic mass is 35.5. The fourth-order valence-electron chi connectivity index (χ4n) is 3.08. The molecule has 0 spiro atoms. The Hall–Kier alpha value is -3.00. The third-order valence-electron chi connectivity index (χ3n) is 4.74. The molecular weight excluding hydrogens is 473 g/mol. The Morgan fingerprint density at radius 3 is 2.41 bits per heavy atom. The van der Waals surface area contributed by atoms with E-state index in [-0.39, 0.29) is 11.4 Å². The lowest BCUT2D eigenvalue weighted by Gasteiger charge is -2.14. The average Bonchev–Trinajstić information content (AvgIpc) is 3.35.